The number of amides is 2. The van der Waals surface area contributed by atoms with Gasteiger partial charge >= 0.3 is 0 Å². The van der Waals surface area contributed by atoms with Gasteiger partial charge in [-0.25, -0.2) is 9.37 Å². The lowest BCUT2D eigenvalue weighted by Crippen LogP contribution is -2.44. The molecule has 2 amide bonds. The number of hydrogen-bond donors (Lipinski definition) is 1. The molecule has 0 unspecified atom stereocenters. The lowest BCUT2D eigenvalue weighted by Gasteiger charge is -2.39. The van der Waals surface area contributed by atoms with Crippen LogP contribution < -0.4 is 10.1 Å². The van der Waals surface area contributed by atoms with Gasteiger partial charge in [-0.3, -0.25) is 9.59 Å². The van der Waals surface area contributed by atoms with Crippen LogP contribution in [0.4, 0.5) is 9.52 Å². The molecule has 1 aromatic heterocycles. The van der Waals surface area contributed by atoms with Crippen molar-refractivity contribution in [1.29, 1.82) is 0 Å². The number of ether oxygens (including phenoxy) is 1. The highest BCUT2D eigenvalue weighted by Crippen LogP contribution is 2.43. The van der Waals surface area contributed by atoms with Crippen LogP contribution in [0, 0.1) is 5.82 Å². The number of likely N-dealkylation sites (N-methyl/N-ethyl adjacent to an activating group) is 1. The first-order valence-electron chi connectivity index (χ1n) is 10.3. The molecule has 6 nitrogen and oxygen atoms in total. The van der Waals surface area contributed by atoms with Gasteiger partial charge in [-0.1, -0.05) is 41.7 Å². The van der Waals surface area contributed by atoms with E-state index in [1.165, 1.54) is 23.5 Å². The molecule has 8 heteroatoms. The quantitative estimate of drug-likeness (QED) is 0.465. The van der Waals surface area contributed by atoms with Crippen LogP contribution in [0.15, 0.2) is 66.7 Å². The van der Waals surface area contributed by atoms with Gasteiger partial charge in [-0.15, -0.1) is 0 Å². The third-order valence-corrected chi connectivity index (χ3v) is 6.83. The monoisotopic (exact) mass is 461 g/mol. The molecule has 5 rings (SSSR count). The summed E-state index contributed by atoms with van der Waals surface area (Å²) in [7, 11) is 3.26. The number of carbonyl (C=O) groups is 2. The summed E-state index contributed by atoms with van der Waals surface area (Å²) in [6.45, 7) is 0. The predicted octanol–water partition coefficient (Wildman–Crippen LogP) is 4.99. The molecule has 1 N–H and O–H groups in total. The summed E-state index contributed by atoms with van der Waals surface area (Å²) in [6, 6.07) is 17.9. The molecule has 1 aliphatic rings. The van der Waals surface area contributed by atoms with Gasteiger partial charge in [0.2, 0.25) is 5.91 Å². The number of thiazole rings is 1. The van der Waals surface area contributed by atoms with E-state index in [9.17, 15) is 14.0 Å². The number of methoxy groups -OCH3 is 1. The zero-order chi connectivity index (χ0) is 23.1. The molecule has 1 aliphatic heterocycles. The molecule has 0 radical (unpaired) electrons. The Balaban J connectivity index is 1.56. The maximum atomic E-state index is 13.7. The fourth-order valence-corrected chi connectivity index (χ4v) is 5.20. The average molecular weight is 462 g/mol. The van der Waals surface area contributed by atoms with Crippen molar-refractivity contribution in [2.45, 2.75) is 12.0 Å². The zero-order valence-electron chi connectivity index (χ0n) is 17.9. The van der Waals surface area contributed by atoms with Crippen molar-refractivity contribution in [2.24, 2.45) is 0 Å². The first kappa shape index (κ1) is 21.1. The van der Waals surface area contributed by atoms with Crippen LogP contribution in [0.25, 0.3) is 10.2 Å². The number of fused-ring (bicyclic) bond motifs is 2. The van der Waals surface area contributed by atoms with Gasteiger partial charge in [0.1, 0.15) is 11.6 Å². The highest BCUT2D eigenvalue weighted by Gasteiger charge is 2.42. The smallest absolute Gasteiger partial charge is 0.254 e. The van der Waals surface area contributed by atoms with Crippen molar-refractivity contribution in [3.8, 4) is 5.75 Å². The highest BCUT2D eigenvalue weighted by molar-refractivity contribution is 7.22. The number of nitrogens with zero attached hydrogens (tertiary/aromatic N) is 2. The van der Waals surface area contributed by atoms with E-state index in [-0.39, 0.29) is 17.6 Å². The van der Waals surface area contributed by atoms with Crippen LogP contribution in [0.3, 0.4) is 0 Å². The third kappa shape index (κ3) is 3.72. The Hall–Kier alpha value is -3.78. The molecule has 33 heavy (non-hydrogen) atoms. The number of hydrogen-bond acceptors (Lipinski definition) is 5. The summed E-state index contributed by atoms with van der Waals surface area (Å²) in [4.78, 5) is 32.8. The topological polar surface area (TPSA) is 71.5 Å². The van der Waals surface area contributed by atoms with Crippen LogP contribution >= 0.6 is 11.3 Å². The first-order valence-corrected chi connectivity index (χ1v) is 11.1. The second-order valence-corrected chi connectivity index (χ2v) is 8.85. The summed E-state index contributed by atoms with van der Waals surface area (Å²) >= 11 is 1.35. The number of rotatable bonds is 4. The Morgan fingerprint density at radius 2 is 1.88 bits per heavy atom. The summed E-state index contributed by atoms with van der Waals surface area (Å²) in [6.07, 6.45) is 0. The molecular formula is C25H20FN3O3S. The number of aromatic nitrogens is 1. The summed E-state index contributed by atoms with van der Waals surface area (Å²) in [5.74, 6) is -0.842. The predicted molar refractivity (Wildman–Crippen MR) is 125 cm³/mol. The van der Waals surface area contributed by atoms with Crippen molar-refractivity contribution in [3.63, 3.8) is 0 Å². The van der Waals surface area contributed by atoms with E-state index in [2.05, 4.69) is 10.3 Å². The second kappa shape index (κ2) is 8.29. The van der Waals surface area contributed by atoms with Gasteiger partial charge in [0.25, 0.3) is 5.91 Å². The van der Waals surface area contributed by atoms with Crippen LogP contribution in [0.1, 0.15) is 33.4 Å². The minimum atomic E-state index is -0.698. The van der Waals surface area contributed by atoms with Crippen molar-refractivity contribution < 1.29 is 18.7 Å². The van der Waals surface area contributed by atoms with Crippen molar-refractivity contribution in [2.75, 3.05) is 19.5 Å². The maximum Gasteiger partial charge on any atom is 0.254 e. The molecule has 3 aromatic carbocycles. The van der Waals surface area contributed by atoms with Crippen molar-refractivity contribution in [1.82, 2.24) is 9.88 Å². The molecule has 0 bridgehead atoms. The summed E-state index contributed by atoms with van der Waals surface area (Å²) in [5.41, 5.74) is 2.54. The second-order valence-electron chi connectivity index (χ2n) is 7.82. The van der Waals surface area contributed by atoms with Crippen LogP contribution in [-0.2, 0) is 4.79 Å². The van der Waals surface area contributed by atoms with Gasteiger partial charge in [0.15, 0.2) is 5.13 Å². The van der Waals surface area contributed by atoms with Crippen molar-refractivity contribution >= 4 is 38.5 Å². The fraction of sp³-hybridized carbons (Fsp3) is 0.160. The Bertz CT molecular complexity index is 1370. The van der Waals surface area contributed by atoms with E-state index in [0.29, 0.717) is 27.6 Å². The van der Waals surface area contributed by atoms with Gasteiger partial charge in [-0.05, 0) is 47.5 Å². The van der Waals surface area contributed by atoms with E-state index in [4.69, 9.17) is 4.74 Å². The number of nitrogens with one attached hydrogen (secondary N) is 1. The number of anilines is 1. The maximum absolute atomic E-state index is 13.7. The molecule has 4 aromatic rings. The highest BCUT2D eigenvalue weighted by atomic mass is 32.1. The number of halogens is 1. The van der Waals surface area contributed by atoms with Crippen LogP contribution in [0.2, 0.25) is 0 Å². The molecule has 166 valence electrons. The van der Waals surface area contributed by atoms with Crippen molar-refractivity contribution in [3.05, 3.63) is 89.2 Å². The Morgan fingerprint density at radius 1 is 1.12 bits per heavy atom. The SMILES string of the molecule is COc1ccc2nc(NC(=O)[C@@H]3c4ccccc4C(=O)N(C)[C@@H]3c3ccc(F)cc3)sc2c1. The normalized spacial score (nSPS) is 17.7. The van der Waals surface area contributed by atoms with E-state index < -0.39 is 12.0 Å². The molecule has 2 atom stereocenters. The van der Waals surface area contributed by atoms with E-state index in [1.54, 1.807) is 49.4 Å². The Kier molecular flexibility index (Phi) is 5.30. The van der Waals surface area contributed by atoms with Crippen LogP contribution in [0.5, 0.6) is 5.75 Å². The molecule has 0 aliphatic carbocycles. The first-order chi connectivity index (χ1) is 16.0. The van der Waals surface area contributed by atoms with E-state index in [1.807, 2.05) is 24.3 Å². The molecule has 2 heterocycles. The minimum absolute atomic E-state index is 0.184. The van der Waals surface area contributed by atoms with E-state index >= 15 is 0 Å². The lowest BCUT2D eigenvalue weighted by molar-refractivity contribution is -0.119. The largest absolute Gasteiger partial charge is 0.497 e. The Morgan fingerprint density at radius 3 is 2.64 bits per heavy atom. The average Bonchev–Trinajstić information content (AvgIpc) is 3.23. The van der Waals surface area contributed by atoms with E-state index in [0.717, 1.165) is 10.2 Å². The van der Waals surface area contributed by atoms with Gasteiger partial charge in [0.05, 0.1) is 29.3 Å². The van der Waals surface area contributed by atoms with Gasteiger partial charge in [-0.2, -0.15) is 0 Å². The summed E-state index contributed by atoms with van der Waals surface area (Å²) in [5, 5.41) is 3.40. The molecule has 0 spiro atoms. The molecular weight excluding hydrogens is 441 g/mol. The Labute approximate surface area is 193 Å². The zero-order valence-corrected chi connectivity index (χ0v) is 18.7. The molecule has 0 saturated heterocycles. The lowest BCUT2D eigenvalue weighted by atomic mass is 9.79. The van der Waals surface area contributed by atoms with Gasteiger partial charge < -0.3 is 15.0 Å². The summed E-state index contributed by atoms with van der Waals surface area (Å²) < 4.78 is 19.7. The standard InChI is InChI=1S/C25H20FN3O3S/c1-29-22(14-7-9-15(26)10-8-14)21(17-5-3-4-6-18(17)24(29)31)23(30)28-25-27-19-12-11-16(32-2)13-20(19)33-25/h3-13,21-22H,1-2H3,(H,27,28,30)/t21-,22-/m1/s1. The molecule has 0 fully saturated rings. The number of carbonyl (C=O) groups excluding carboxylic acids is 2. The van der Waals surface area contributed by atoms with Crippen LogP contribution in [-0.4, -0.2) is 35.9 Å². The molecule has 0 saturated carbocycles. The van der Waals surface area contributed by atoms with Gasteiger partial charge in [0, 0.05) is 12.6 Å². The number of benzene rings is 3. The minimum Gasteiger partial charge on any atom is -0.497 e. The fourth-order valence-electron chi connectivity index (χ4n) is 4.30. The third-order valence-electron chi connectivity index (χ3n) is 5.90.